The van der Waals surface area contributed by atoms with E-state index in [1.54, 1.807) is 46.6 Å². The first-order valence-electron chi connectivity index (χ1n) is 12.3. The largest absolute Gasteiger partial charge is 0.496 e. The summed E-state index contributed by atoms with van der Waals surface area (Å²) in [6.07, 6.45) is 2.52. The maximum Gasteiger partial charge on any atom is 0.231 e. The molecule has 0 amide bonds. The van der Waals surface area contributed by atoms with Gasteiger partial charge in [0.2, 0.25) is 11.5 Å². The number of para-hydroxylation sites is 1. The first-order valence-corrected chi connectivity index (χ1v) is 12.3. The Morgan fingerprint density at radius 1 is 0.921 bits per heavy atom. The Bertz CT molecular complexity index is 1390. The molecule has 198 valence electrons. The predicted molar refractivity (Wildman–Crippen MR) is 143 cm³/mol. The molecule has 0 saturated carbocycles. The fourth-order valence-electron chi connectivity index (χ4n) is 4.96. The number of carbonyl (C=O) groups excluding carboxylic acids is 1. The van der Waals surface area contributed by atoms with Gasteiger partial charge in [-0.25, -0.2) is 0 Å². The van der Waals surface area contributed by atoms with Gasteiger partial charge in [0.05, 0.1) is 34.0 Å². The monoisotopic (exact) mass is 517 g/mol. The van der Waals surface area contributed by atoms with Crippen LogP contribution in [0.4, 0.5) is 0 Å². The molecule has 0 aliphatic carbocycles. The molecule has 0 aromatic heterocycles. The van der Waals surface area contributed by atoms with Crippen molar-refractivity contribution in [2.24, 2.45) is 0 Å². The zero-order valence-electron chi connectivity index (χ0n) is 22.3. The number of hydrogen-bond acceptors (Lipinski definition) is 8. The fourth-order valence-corrected chi connectivity index (χ4v) is 4.96. The second-order valence-corrected chi connectivity index (χ2v) is 9.15. The second kappa shape index (κ2) is 10.7. The highest BCUT2D eigenvalue weighted by Gasteiger charge is 2.33. The van der Waals surface area contributed by atoms with Crippen LogP contribution in [0.25, 0.3) is 6.08 Å². The van der Waals surface area contributed by atoms with E-state index in [-0.39, 0.29) is 11.5 Å². The first kappa shape index (κ1) is 25.5. The van der Waals surface area contributed by atoms with Crippen molar-refractivity contribution < 1.29 is 33.2 Å². The Labute approximate surface area is 222 Å². The zero-order chi connectivity index (χ0) is 26.8. The van der Waals surface area contributed by atoms with Gasteiger partial charge in [0.1, 0.15) is 24.0 Å². The van der Waals surface area contributed by atoms with E-state index in [1.165, 1.54) is 0 Å². The lowest BCUT2D eigenvalue weighted by molar-refractivity contribution is 0.0952. The Kier molecular flexibility index (Phi) is 7.15. The highest BCUT2D eigenvalue weighted by atomic mass is 16.5. The number of Topliss-reactive ketones (excluding diaryl/α,β-unsaturated/α-hetero) is 1. The molecule has 0 spiro atoms. The van der Waals surface area contributed by atoms with Crippen LogP contribution in [0.3, 0.4) is 0 Å². The summed E-state index contributed by atoms with van der Waals surface area (Å²) >= 11 is 0. The normalized spacial score (nSPS) is 15.4. The predicted octanol–water partition coefficient (Wildman–Crippen LogP) is 5.04. The van der Waals surface area contributed by atoms with Crippen LogP contribution >= 0.6 is 0 Å². The van der Waals surface area contributed by atoms with Gasteiger partial charge in [-0.2, -0.15) is 0 Å². The summed E-state index contributed by atoms with van der Waals surface area (Å²) in [5.74, 6) is 3.72. The SMILES string of the molecule is COc1ccccc1CCN1COc2c(cc3c(c2C)O/C(=C\c2cc(OC)c(OC)c(OC)c2)C3=O)C1. The van der Waals surface area contributed by atoms with Crippen molar-refractivity contribution in [1.29, 1.82) is 0 Å². The number of ketones is 1. The van der Waals surface area contributed by atoms with E-state index in [9.17, 15) is 4.79 Å². The Balaban J connectivity index is 1.38. The average molecular weight is 518 g/mol. The number of allylic oxidation sites excluding steroid dienone is 1. The van der Waals surface area contributed by atoms with Gasteiger partial charge in [-0.3, -0.25) is 9.69 Å². The third-order valence-corrected chi connectivity index (χ3v) is 6.88. The van der Waals surface area contributed by atoms with E-state index < -0.39 is 0 Å². The van der Waals surface area contributed by atoms with Gasteiger partial charge in [-0.15, -0.1) is 0 Å². The van der Waals surface area contributed by atoms with Crippen molar-refractivity contribution in [1.82, 2.24) is 4.90 Å². The van der Waals surface area contributed by atoms with Crippen molar-refractivity contribution in [2.45, 2.75) is 19.9 Å². The molecule has 0 saturated heterocycles. The molecule has 0 fully saturated rings. The minimum Gasteiger partial charge on any atom is -0.496 e. The number of rotatable bonds is 8. The van der Waals surface area contributed by atoms with Gasteiger partial charge in [0.25, 0.3) is 0 Å². The molecule has 2 aliphatic rings. The van der Waals surface area contributed by atoms with E-state index in [1.807, 2.05) is 31.2 Å². The van der Waals surface area contributed by atoms with Gasteiger partial charge in [-0.05, 0) is 54.8 Å². The van der Waals surface area contributed by atoms with Crippen molar-refractivity contribution in [3.8, 4) is 34.5 Å². The van der Waals surface area contributed by atoms with E-state index in [0.717, 1.165) is 41.2 Å². The number of hydrogen-bond donors (Lipinski definition) is 0. The molecule has 8 heteroatoms. The summed E-state index contributed by atoms with van der Waals surface area (Å²) in [6, 6.07) is 13.5. The van der Waals surface area contributed by atoms with Crippen LogP contribution in [0.1, 0.15) is 32.6 Å². The maximum atomic E-state index is 13.4. The molecular weight excluding hydrogens is 486 g/mol. The summed E-state index contributed by atoms with van der Waals surface area (Å²) in [7, 11) is 6.33. The standard InChI is InChI=1S/C30H31NO7/c1-18-28-21(16-31(17-37-28)11-10-20-8-6-7-9-23(20)33-2)15-22-27(32)24(38-29(18)22)12-19-13-25(34-3)30(36-5)26(14-19)35-4/h6-9,12-15H,10-11,16-17H2,1-5H3/b24-12-. The van der Waals surface area contributed by atoms with Gasteiger partial charge in [0.15, 0.2) is 17.3 Å². The number of ether oxygens (including phenoxy) is 6. The fraction of sp³-hybridized carbons (Fsp3) is 0.300. The molecule has 5 rings (SSSR count). The number of nitrogens with zero attached hydrogens (tertiary/aromatic N) is 1. The Hall–Kier alpha value is -4.17. The van der Waals surface area contributed by atoms with E-state index in [4.69, 9.17) is 28.4 Å². The van der Waals surface area contributed by atoms with E-state index in [2.05, 4.69) is 11.0 Å². The van der Waals surface area contributed by atoms with E-state index in [0.29, 0.717) is 47.4 Å². The maximum absolute atomic E-state index is 13.4. The molecular formula is C30H31NO7. The Morgan fingerprint density at radius 2 is 1.63 bits per heavy atom. The number of fused-ring (bicyclic) bond motifs is 2. The lowest BCUT2D eigenvalue weighted by atomic mass is 9.99. The van der Waals surface area contributed by atoms with Gasteiger partial charge >= 0.3 is 0 Å². The van der Waals surface area contributed by atoms with E-state index >= 15 is 0 Å². The molecule has 0 N–H and O–H groups in total. The second-order valence-electron chi connectivity index (χ2n) is 9.15. The van der Waals surface area contributed by atoms with Crippen molar-refractivity contribution in [3.05, 3.63) is 76.0 Å². The molecule has 2 aliphatic heterocycles. The van der Waals surface area contributed by atoms with Crippen molar-refractivity contribution in [2.75, 3.05) is 41.7 Å². The molecule has 38 heavy (non-hydrogen) atoms. The average Bonchev–Trinajstić information content (AvgIpc) is 3.26. The highest BCUT2D eigenvalue weighted by Crippen LogP contribution is 2.44. The van der Waals surface area contributed by atoms with Gasteiger partial charge in [-0.1, -0.05) is 18.2 Å². The zero-order valence-corrected chi connectivity index (χ0v) is 22.3. The molecule has 0 radical (unpaired) electrons. The van der Waals surface area contributed by atoms with Crippen molar-refractivity contribution in [3.63, 3.8) is 0 Å². The van der Waals surface area contributed by atoms with Crippen LogP contribution in [0.2, 0.25) is 0 Å². The van der Waals surface area contributed by atoms with Gasteiger partial charge in [0, 0.05) is 24.2 Å². The molecule has 0 atom stereocenters. The summed E-state index contributed by atoms with van der Waals surface area (Å²) in [5, 5.41) is 0. The third-order valence-electron chi connectivity index (χ3n) is 6.88. The number of benzene rings is 3. The molecule has 0 bridgehead atoms. The van der Waals surface area contributed by atoms with Crippen LogP contribution < -0.4 is 28.4 Å². The topological polar surface area (TPSA) is 75.7 Å². The van der Waals surface area contributed by atoms with Crippen LogP contribution in [0, 0.1) is 6.92 Å². The molecule has 8 nitrogen and oxygen atoms in total. The molecule has 0 unspecified atom stereocenters. The number of methoxy groups -OCH3 is 4. The summed E-state index contributed by atoms with van der Waals surface area (Å²) in [4.78, 5) is 15.6. The minimum atomic E-state index is -0.175. The lowest BCUT2D eigenvalue weighted by Crippen LogP contribution is -2.34. The summed E-state index contributed by atoms with van der Waals surface area (Å²) in [5.41, 5.74) is 4.17. The minimum absolute atomic E-state index is 0.175. The van der Waals surface area contributed by atoms with Crippen LogP contribution in [-0.4, -0.2) is 52.4 Å². The van der Waals surface area contributed by atoms with Gasteiger partial charge < -0.3 is 28.4 Å². The molecule has 3 aromatic rings. The number of carbonyl (C=O) groups is 1. The van der Waals surface area contributed by atoms with Crippen LogP contribution in [0.5, 0.6) is 34.5 Å². The lowest BCUT2D eigenvalue weighted by Gasteiger charge is -2.30. The summed E-state index contributed by atoms with van der Waals surface area (Å²) < 4.78 is 34.0. The van der Waals surface area contributed by atoms with Crippen LogP contribution in [0.15, 0.2) is 48.2 Å². The van der Waals surface area contributed by atoms with Crippen LogP contribution in [-0.2, 0) is 13.0 Å². The smallest absolute Gasteiger partial charge is 0.231 e. The third kappa shape index (κ3) is 4.63. The molecule has 3 aromatic carbocycles. The first-order chi connectivity index (χ1) is 18.5. The highest BCUT2D eigenvalue weighted by molar-refractivity contribution is 6.15. The quantitative estimate of drug-likeness (QED) is 0.385. The summed E-state index contributed by atoms with van der Waals surface area (Å²) in [6.45, 7) is 3.87. The Morgan fingerprint density at radius 3 is 2.32 bits per heavy atom. The van der Waals surface area contributed by atoms with Crippen molar-refractivity contribution >= 4 is 11.9 Å². The molecule has 2 heterocycles.